The van der Waals surface area contributed by atoms with Crippen LogP contribution in [0.25, 0.3) is 11.3 Å². The molecule has 4 rings (SSSR count). The van der Waals surface area contributed by atoms with Crippen LogP contribution in [-0.4, -0.2) is 23.0 Å². The number of hydrogen-bond donors (Lipinski definition) is 1. The summed E-state index contributed by atoms with van der Waals surface area (Å²) in [6, 6.07) is 15.8. The van der Waals surface area contributed by atoms with Crippen LogP contribution in [0.5, 0.6) is 5.75 Å². The van der Waals surface area contributed by atoms with Gasteiger partial charge in [-0.05, 0) is 76.9 Å². The van der Waals surface area contributed by atoms with Gasteiger partial charge in [-0.1, -0.05) is 37.8 Å². The van der Waals surface area contributed by atoms with Gasteiger partial charge in [0.25, 0.3) is 0 Å². The topological polar surface area (TPSA) is 64.1 Å². The lowest BCUT2D eigenvalue weighted by Crippen LogP contribution is -2.18. The number of rotatable bonds is 7. The van der Waals surface area contributed by atoms with Gasteiger partial charge in [-0.25, -0.2) is 9.97 Å². The molecule has 5 nitrogen and oxygen atoms in total. The fourth-order valence-corrected chi connectivity index (χ4v) is 4.39. The summed E-state index contributed by atoms with van der Waals surface area (Å²) in [7, 11) is 1.65. The summed E-state index contributed by atoms with van der Waals surface area (Å²) < 4.78 is 6.41. The van der Waals surface area contributed by atoms with Crippen LogP contribution in [0.2, 0.25) is 0 Å². The highest BCUT2D eigenvalue weighted by Crippen LogP contribution is 2.30. The van der Waals surface area contributed by atoms with E-state index in [-0.39, 0.29) is 5.91 Å². The minimum Gasteiger partial charge on any atom is -0.497 e. The van der Waals surface area contributed by atoms with Gasteiger partial charge in [0.05, 0.1) is 31.1 Å². The number of hydrogen-bond acceptors (Lipinski definition) is 4. The first-order valence-electron chi connectivity index (χ1n) is 10.7. The van der Waals surface area contributed by atoms with Gasteiger partial charge in [0, 0.05) is 9.13 Å². The zero-order chi connectivity index (χ0) is 21.6. The normalized spacial score (nSPS) is 13.9. The van der Waals surface area contributed by atoms with E-state index >= 15 is 0 Å². The smallest absolute Gasteiger partial charge is 0.229 e. The molecular formula is C25H26IN3O2. The number of carbonyl (C=O) groups excluding carboxylic acids is 1. The van der Waals surface area contributed by atoms with Crippen LogP contribution >= 0.6 is 22.6 Å². The van der Waals surface area contributed by atoms with E-state index in [0.717, 1.165) is 38.3 Å². The first-order valence-corrected chi connectivity index (χ1v) is 11.7. The predicted octanol–water partition coefficient (Wildman–Crippen LogP) is 5.67. The molecule has 160 valence electrons. The van der Waals surface area contributed by atoms with Gasteiger partial charge >= 0.3 is 0 Å². The van der Waals surface area contributed by atoms with E-state index in [1.54, 1.807) is 13.3 Å². The number of carbonyl (C=O) groups is 1. The molecule has 31 heavy (non-hydrogen) atoms. The lowest BCUT2D eigenvalue weighted by atomic mass is 10.0. The lowest BCUT2D eigenvalue weighted by molar-refractivity contribution is -0.115. The standard InChI is InChI=1S/C25H26IN3O2/c1-31-21-12-8-19(9-13-21)23-16-27-25(22(28-23)14-17-4-2-3-5-17)29-24(30)15-18-6-10-20(26)11-7-18/h6-13,16-17H,2-5,14-15H2,1H3,(H,27,29,30). The molecule has 0 saturated heterocycles. The summed E-state index contributed by atoms with van der Waals surface area (Å²) in [5.74, 6) is 1.93. The summed E-state index contributed by atoms with van der Waals surface area (Å²) in [6.07, 6.45) is 7.86. The third-order valence-electron chi connectivity index (χ3n) is 5.72. The number of benzene rings is 2. The van der Waals surface area contributed by atoms with Crippen LogP contribution < -0.4 is 10.1 Å². The Bertz CT molecular complexity index is 1030. The quantitative estimate of drug-likeness (QED) is 0.403. The molecule has 0 bridgehead atoms. The summed E-state index contributed by atoms with van der Waals surface area (Å²) in [5, 5.41) is 3.01. The van der Waals surface area contributed by atoms with E-state index in [9.17, 15) is 4.79 Å². The Morgan fingerprint density at radius 1 is 1.10 bits per heavy atom. The molecule has 0 aliphatic heterocycles. The highest BCUT2D eigenvalue weighted by molar-refractivity contribution is 14.1. The number of nitrogens with zero attached hydrogens (tertiary/aromatic N) is 2. The Morgan fingerprint density at radius 3 is 2.48 bits per heavy atom. The van der Waals surface area contributed by atoms with Gasteiger partial charge in [-0.15, -0.1) is 0 Å². The third kappa shape index (κ3) is 5.81. The van der Waals surface area contributed by atoms with Crippen molar-refractivity contribution in [1.29, 1.82) is 0 Å². The largest absolute Gasteiger partial charge is 0.497 e. The average molecular weight is 527 g/mol. The molecule has 1 amide bonds. The molecule has 0 spiro atoms. The van der Waals surface area contributed by atoms with Crippen molar-refractivity contribution in [3.63, 3.8) is 0 Å². The molecule has 1 fully saturated rings. The Hall–Kier alpha value is -2.48. The number of halogens is 1. The Kier molecular flexibility index (Phi) is 7.17. The number of anilines is 1. The van der Waals surface area contributed by atoms with Gasteiger partial charge in [0.15, 0.2) is 5.82 Å². The maximum atomic E-state index is 12.7. The Balaban J connectivity index is 1.55. The van der Waals surface area contributed by atoms with Crippen LogP contribution in [0.3, 0.4) is 0 Å². The molecule has 1 aliphatic rings. The van der Waals surface area contributed by atoms with Crippen molar-refractivity contribution >= 4 is 34.3 Å². The molecule has 1 aromatic heterocycles. The molecule has 0 radical (unpaired) electrons. The Morgan fingerprint density at radius 2 is 1.81 bits per heavy atom. The van der Waals surface area contributed by atoms with Crippen LogP contribution in [0.4, 0.5) is 5.82 Å². The van der Waals surface area contributed by atoms with Crippen molar-refractivity contribution in [2.24, 2.45) is 5.92 Å². The van der Waals surface area contributed by atoms with Gasteiger partial charge in [-0.2, -0.15) is 0 Å². The number of ether oxygens (including phenoxy) is 1. The second-order valence-corrected chi connectivity index (χ2v) is 9.23. The van der Waals surface area contributed by atoms with Gasteiger partial charge in [0.2, 0.25) is 5.91 Å². The molecule has 1 N–H and O–H groups in total. The summed E-state index contributed by atoms with van der Waals surface area (Å²) in [6.45, 7) is 0. The van der Waals surface area contributed by atoms with Crippen LogP contribution in [0.15, 0.2) is 54.7 Å². The number of nitrogens with one attached hydrogen (secondary N) is 1. The summed E-state index contributed by atoms with van der Waals surface area (Å²) in [4.78, 5) is 22.2. The van der Waals surface area contributed by atoms with E-state index in [1.165, 1.54) is 25.7 Å². The first-order chi connectivity index (χ1) is 15.1. The molecule has 0 atom stereocenters. The second-order valence-electron chi connectivity index (χ2n) is 7.99. The van der Waals surface area contributed by atoms with Crippen molar-refractivity contribution in [2.75, 3.05) is 12.4 Å². The molecule has 3 aromatic rings. The minimum atomic E-state index is -0.0691. The predicted molar refractivity (Wildman–Crippen MR) is 131 cm³/mol. The minimum absolute atomic E-state index is 0.0691. The van der Waals surface area contributed by atoms with Crippen molar-refractivity contribution in [3.8, 4) is 17.0 Å². The lowest BCUT2D eigenvalue weighted by Gasteiger charge is -2.14. The number of methoxy groups -OCH3 is 1. The van der Waals surface area contributed by atoms with Crippen molar-refractivity contribution in [2.45, 2.75) is 38.5 Å². The van der Waals surface area contributed by atoms with Gasteiger partial charge in [-0.3, -0.25) is 4.79 Å². The zero-order valence-corrected chi connectivity index (χ0v) is 19.8. The van der Waals surface area contributed by atoms with E-state index < -0.39 is 0 Å². The Labute approximate surface area is 196 Å². The SMILES string of the molecule is COc1ccc(-c2cnc(NC(=O)Cc3ccc(I)cc3)c(CC3CCCC3)n2)cc1. The molecule has 1 saturated carbocycles. The van der Waals surface area contributed by atoms with E-state index in [1.807, 2.05) is 48.5 Å². The molecule has 1 heterocycles. The highest BCUT2D eigenvalue weighted by Gasteiger charge is 2.20. The molecule has 2 aromatic carbocycles. The zero-order valence-electron chi connectivity index (χ0n) is 17.6. The first kappa shape index (κ1) is 21.7. The maximum absolute atomic E-state index is 12.7. The van der Waals surface area contributed by atoms with E-state index in [0.29, 0.717) is 18.2 Å². The summed E-state index contributed by atoms with van der Waals surface area (Å²) in [5.41, 5.74) is 3.65. The molecule has 0 unspecified atom stereocenters. The van der Waals surface area contributed by atoms with Crippen molar-refractivity contribution < 1.29 is 9.53 Å². The summed E-state index contributed by atoms with van der Waals surface area (Å²) >= 11 is 2.26. The molecule has 1 aliphatic carbocycles. The third-order valence-corrected chi connectivity index (χ3v) is 6.44. The van der Waals surface area contributed by atoms with Crippen molar-refractivity contribution in [3.05, 3.63) is 69.6 Å². The fraction of sp³-hybridized carbons (Fsp3) is 0.320. The van der Waals surface area contributed by atoms with Crippen LogP contribution in [0.1, 0.15) is 36.9 Å². The second kappa shape index (κ2) is 10.2. The molecule has 6 heteroatoms. The van der Waals surface area contributed by atoms with E-state index in [4.69, 9.17) is 9.72 Å². The van der Waals surface area contributed by atoms with Gasteiger partial charge in [0.1, 0.15) is 5.75 Å². The fourth-order valence-electron chi connectivity index (χ4n) is 4.03. The monoisotopic (exact) mass is 527 g/mol. The van der Waals surface area contributed by atoms with Crippen molar-refractivity contribution in [1.82, 2.24) is 9.97 Å². The van der Waals surface area contributed by atoms with Crippen LogP contribution in [0, 0.1) is 9.49 Å². The van der Waals surface area contributed by atoms with Gasteiger partial charge < -0.3 is 10.1 Å². The van der Waals surface area contributed by atoms with Crippen LogP contribution in [-0.2, 0) is 17.6 Å². The number of aromatic nitrogens is 2. The van der Waals surface area contributed by atoms with E-state index in [2.05, 4.69) is 32.9 Å². The molecular weight excluding hydrogens is 501 g/mol. The highest BCUT2D eigenvalue weighted by atomic mass is 127. The number of amides is 1. The maximum Gasteiger partial charge on any atom is 0.229 e. The average Bonchev–Trinajstić information content (AvgIpc) is 3.30.